The molecule has 90 valence electrons. The highest BCUT2D eigenvalue weighted by molar-refractivity contribution is 6.30. The Hall–Kier alpha value is -0.530. The second-order valence-electron chi connectivity index (χ2n) is 4.66. The lowest BCUT2D eigenvalue weighted by Crippen LogP contribution is -2.31. The summed E-state index contributed by atoms with van der Waals surface area (Å²) in [6.45, 7) is 7.83. The number of hydrogen-bond donors (Lipinski definition) is 1. The van der Waals surface area contributed by atoms with Gasteiger partial charge < -0.3 is 5.32 Å². The lowest BCUT2D eigenvalue weighted by Gasteiger charge is -2.17. The van der Waals surface area contributed by atoms with Gasteiger partial charge in [0.05, 0.1) is 0 Å². The first kappa shape index (κ1) is 13.5. The van der Waals surface area contributed by atoms with Gasteiger partial charge in [-0.3, -0.25) is 0 Å². The molecule has 1 aromatic carbocycles. The first-order chi connectivity index (χ1) is 7.61. The van der Waals surface area contributed by atoms with Gasteiger partial charge in [0.15, 0.2) is 0 Å². The molecule has 0 saturated heterocycles. The van der Waals surface area contributed by atoms with E-state index in [4.69, 9.17) is 11.6 Å². The Bertz CT molecular complexity index is 311. The predicted octanol–water partition coefficient (Wildman–Crippen LogP) is 3.91. The van der Waals surface area contributed by atoms with Crippen molar-refractivity contribution in [1.29, 1.82) is 0 Å². The molecular formula is C14H22ClN. The van der Waals surface area contributed by atoms with Crippen LogP contribution >= 0.6 is 11.6 Å². The number of halogens is 1. The summed E-state index contributed by atoms with van der Waals surface area (Å²) in [5.41, 5.74) is 1.30. The Morgan fingerprint density at radius 1 is 1.31 bits per heavy atom. The monoisotopic (exact) mass is 239 g/mol. The lowest BCUT2D eigenvalue weighted by molar-refractivity contribution is 0.451. The Morgan fingerprint density at radius 2 is 2.06 bits per heavy atom. The highest BCUT2D eigenvalue weighted by Gasteiger charge is 2.05. The van der Waals surface area contributed by atoms with Gasteiger partial charge in [0.2, 0.25) is 0 Å². The summed E-state index contributed by atoms with van der Waals surface area (Å²) in [7, 11) is 0. The molecule has 0 amide bonds. The fourth-order valence-corrected chi connectivity index (χ4v) is 1.85. The van der Waals surface area contributed by atoms with Crippen LogP contribution in [0.1, 0.15) is 32.8 Å². The molecule has 1 N–H and O–H groups in total. The van der Waals surface area contributed by atoms with E-state index in [0.717, 1.165) is 23.9 Å². The Balaban J connectivity index is 2.36. The van der Waals surface area contributed by atoms with Crippen LogP contribution in [-0.4, -0.2) is 12.6 Å². The van der Waals surface area contributed by atoms with Crippen molar-refractivity contribution in [1.82, 2.24) is 5.32 Å². The van der Waals surface area contributed by atoms with E-state index in [0.29, 0.717) is 6.04 Å². The third-order valence-electron chi connectivity index (χ3n) is 2.94. The standard InChI is InChI=1S/C14H22ClN/c1-4-11(2)10-16-12(3)8-13-6-5-7-14(15)9-13/h5-7,9,11-12,16H,4,8,10H2,1-3H3. The maximum absolute atomic E-state index is 5.96. The molecule has 16 heavy (non-hydrogen) atoms. The first-order valence-electron chi connectivity index (χ1n) is 6.09. The molecule has 1 aromatic rings. The van der Waals surface area contributed by atoms with Crippen molar-refractivity contribution < 1.29 is 0 Å². The third kappa shape index (κ3) is 5.00. The molecule has 0 aliphatic heterocycles. The molecular weight excluding hydrogens is 218 g/mol. The smallest absolute Gasteiger partial charge is 0.0408 e. The van der Waals surface area contributed by atoms with E-state index >= 15 is 0 Å². The Kier molecular flexibility index (Phi) is 5.86. The maximum atomic E-state index is 5.96. The van der Waals surface area contributed by atoms with Gasteiger partial charge in [0.1, 0.15) is 0 Å². The summed E-state index contributed by atoms with van der Waals surface area (Å²) in [6.07, 6.45) is 2.27. The topological polar surface area (TPSA) is 12.0 Å². The van der Waals surface area contributed by atoms with Crippen LogP contribution in [0.3, 0.4) is 0 Å². The van der Waals surface area contributed by atoms with Gasteiger partial charge in [-0.2, -0.15) is 0 Å². The second kappa shape index (κ2) is 6.93. The summed E-state index contributed by atoms with van der Waals surface area (Å²) in [5, 5.41) is 4.38. The fraction of sp³-hybridized carbons (Fsp3) is 0.571. The van der Waals surface area contributed by atoms with Crippen LogP contribution in [0.2, 0.25) is 5.02 Å². The van der Waals surface area contributed by atoms with Crippen LogP contribution in [0.4, 0.5) is 0 Å². The zero-order valence-electron chi connectivity index (χ0n) is 10.5. The number of hydrogen-bond acceptors (Lipinski definition) is 1. The maximum Gasteiger partial charge on any atom is 0.0408 e. The van der Waals surface area contributed by atoms with Gasteiger partial charge in [0, 0.05) is 11.1 Å². The minimum Gasteiger partial charge on any atom is -0.314 e. The highest BCUT2D eigenvalue weighted by Crippen LogP contribution is 2.12. The first-order valence-corrected chi connectivity index (χ1v) is 6.47. The van der Waals surface area contributed by atoms with E-state index < -0.39 is 0 Å². The largest absolute Gasteiger partial charge is 0.314 e. The molecule has 0 aliphatic carbocycles. The summed E-state index contributed by atoms with van der Waals surface area (Å²) in [4.78, 5) is 0. The SMILES string of the molecule is CCC(C)CNC(C)Cc1cccc(Cl)c1. The van der Waals surface area contributed by atoms with Crippen LogP contribution in [0, 0.1) is 5.92 Å². The minimum absolute atomic E-state index is 0.507. The molecule has 0 bridgehead atoms. The van der Waals surface area contributed by atoms with E-state index in [1.807, 2.05) is 18.2 Å². The average Bonchev–Trinajstić information content (AvgIpc) is 2.26. The molecule has 1 nitrogen and oxygen atoms in total. The molecule has 2 heteroatoms. The molecule has 0 fully saturated rings. The second-order valence-corrected chi connectivity index (χ2v) is 5.09. The highest BCUT2D eigenvalue weighted by atomic mass is 35.5. The van der Waals surface area contributed by atoms with Crippen LogP contribution in [0.5, 0.6) is 0 Å². The van der Waals surface area contributed by atoms with Gasteiger partial charge in [-0.05, 0) is 43.5 Å². The number of rotatable bonds is 6. The minimum atomic E-state index is 0.507. The van der Waals surface area contributed by atoms with Gasteiger partial charge in [-0.25, -0.2) is 0 Å². The lowest BCUT2D eigenvalue weighted by atomic mass is 10.1. The molecule has 0 saturated carbocycles. The summed E-state index contributed by atoms with van der Waals surface area (Å²) < 4.78 is 0. The number of benzene rings is 1. The van der Waals surface area contributed by atoms with Crippen molar-refractivity contribution in [2.24, 2.45) is 5.92 Å². The molecule has 0 aliphatic rings. The van der Waals surface area contributed by atoms with E-state index in [9.17, 15) is 0 Å². The van der Waals surface area contributed by atoms with Crippen LogP contribution in [-0.2, 0) is 6.42 Å². The van der Waals surface area contributed by atoms with Crippen molar-refractivity contribution in [2.45, 2.75) is 39.7 Å². The van der Waals surface area contributed by atoms with E-state index in [1.165, 1.54) is 12.0 Å². The fourth-order valence-electron chi connectivity index (χ4n) is 1.64. The molecule has 2 unspecified atom stereocenters. The molecule has 0 aromatic heterocycles. The molecule has 0 heterocycles. The zero-order valence-corrected chi connectivity index (χ0v) is 11.2. The number of nitrogens with one attached hydrogen (secondary N) is 1. The van der Waals surface area contributed by atoms with E-state index in [1.54, 1.807) is 0 Å². The van der Waals surface area contributed by atoms with Gasteiger partial charge in [0.25, 0.3) is 0 Å². The molecule has 0 spiro atoms. The quantitative estimate of drug-likeness (QED) is 0.794. The molecule has 2 atom stereocenters. The van der Waals surface area contributed by atoms with Gasteiger partial charge in [-0.15, -0.1) is 0 Å². The van der Waals surface area contributed by atoms with E-state index in [2.05, 4.69) is 32.2 Å². The van der Waals surface area contributed by atoms with E-state index in [-0.39, 0.29) is 0 Å². The van der Waals surface area contributed by atoms with Crippen molar-refractivity contribution in [3.63, 3.8) is 0 Å². The zero-order chi connectivity index (χ0) is 12.0. The summed E-state index contributed by atoms with van der Waals surface area (Å²) in [6, 6.07) is 8.62. The van der Waals surface area contributed by atoms with Crippen LogP contribution < -0.4 is 5.32 Å². The predicted molar refractivity (Wildman–Crippen MR) is 72.1 cm³/mol. The molecule has 1 rings (SSSR count). The summed E-state index contributed by atoms with van der Waals surface area (Å²) >= 11 is 5.96. The van der Waals surface area contributed by atoms with Crippen molar-refractivity contribution in [2.75, 3.05) is 6.54 Å². The van der Waals surface area contributed by atoms with Crippen molar-refractivity contribution >= 4 is 11.6 Å². The van der Waals surface area contributed by atoms with Crippen LogP contribution in [0.25, 0.3) is 0 Å². The third-order valence-corrected chi connectivity index (χ3v) is 3.18. The normalized spacial score (nSPS) is 14.8. The summed E-state index contributed by atoms with van der Waals surface area (Å²) in [5.74, 6) is 0.752. The average molecular weight is 240 g/mol. The van der Waals surface area contributed by atoms with Crippen molar-refractivity contribution in [3.8, 4) is 0 Å². The van der Waals surface area contributed by atoms with Gasteiger partial charge >= 0.3 is 0 Å². The Morgan fingerprint density at radius 3 is 2.69 bits per heavy atom. The molecule has 0 radical (unpaired) electrons. The van der Waals surface area contributed by atoms with Crippen LogP contribution in [0.15, 0.2) is 24.3 Å². The van der Waals surface area contributed by atoms with Crippen molar-refractivity contribution in [3.05, 3.63) is 34.9 Å². The van der Waals surface area contributed by atoms with Gasteiger partial charge in [-0.1, -0.05) is 44.0 Å². The Labute approximate surface area is 104 Å².